The summed E-state index contributed by atoms with van der Waals surface area (Å²) in [6, 6.07) is 0. The summed E-state index contributed by atoms with van der Waals surface area (Å²) >= 11 is 0. The fraction of sp³-hybridized carbons (Fsp3) is 1.00. The summed E-state index contributed by atoms with van der Waals surface area (Å²) < 4.78 is 7.84. The first kappa shape index (κ1) is 14.6. The highest BCUT2D eigenvalue weighted by Gasteiger charge is 2.47. The van der Waals surface area contributed by atoms with Gasteiger partial charge in [0.1, 0.15) is 0 Å². The molecule has 0 radical (unpaired) electrons. The van der Waals surface area contributed by atoms with Gasteiger partial charge in [-0.05, 0) is 45.3 Å². The first-order chi connectivity index (χ1) is 9.52. The van der Waals surface area contributed by atoms with Gasteiger partial charge in [-0.25, -0.2) is 14.0 Å². The molecular weight excluding hydrogens is 271 g/mol. The normalized spacial score (nSPS) is 28.6. The molecule has 0 atom stereocenters. The molecule has 0 spiro atoms. The molecule has 0 aromatic heterocycles. The fourth-order valence-electron chi connectivity index (χ4n) is 3.36. The molecule has 0 bridgehead atoms. The van der Waals surface area contributed by atoms with E-state index in [1.165, 1.54) is 58.5 Å². The highest BCUT2D eigenvalue weighted by atomic mass is 31.2. The fourth-order valence-corrected chi connectivity index (χ4v) is 7.38. The lowest BCUT2D eigenvalue weighted by molar-refractivity contribution is 0.194. The monoisotopic (exact) mass is 298 g/mol. The Morgan fingerprint density at radius 3 is 1.50 bits per heavy atom. The van der Waals surface area contributed by atoms with Gasteiger partial charge >= 0.3 is 0 Å². The maximum Gasteiger partial charge on any atom is 0.195 e. The Hall–Kier alpha value is -0.290. The third kappa shape index (κ3) is 2.59. The van der Waals surface area contributed by atoms with Gasteiger partial charge in [-0.15, -0.1) is 4.85 Å². The van der Waals surface area contributed by atoms with Crippen LogP contribution in [0.15, 0.2) is 15.2 Å². The van der Waals surface area contributed by atoms with Crippen LogP contribution in [0.4, 0.5) is 0 Å². The Labute approximate surface area is 122 Å². The maximum atomic E-state index is 4.85. The largest absolute Gasteiger partial charge is 0.244 e. The van der Waals surface area contributed by atoms with Crippen LogP contribution in [-0.4, -0.2) is 58.8 Å². The zero-order valence-electron chi connectivity index (χ0n) is 13.0. The molecule has 3 saturated heterocycles. The molecule has 3 heterocycles. The van der Waals surface area contributed by atoms with Crippen molar-refractivity contribution >= 4 is 7.51 Å². The topological polar surface area (TPSA) is 46.8 Å². The lowest BCUT2D eigenvalue weighted by Gasteiger charge is -2.56. The van der Waals surface area contributed by atoms with E-state index in [4.69, 9.17) is 4.85 Å². The number of hydrogen-bond acceptors (Lipinski definition) is 1. The Morgan fingerprint density at radius 1 is 0.750 bits per heavy atom. The van der Waals surface area contributed by atoms with Crippen LogP contribution in [0.2, 0.25) is 0 Å². The minimum absolute atomic E-state index is 0.141. The van der Waals surface area contributed by atoms with E-state index in [9.17, 15) is 0 Å². The second kappa shape index (κ2) is 5.48. The molecule has 3 fully saturated rings. The van der Waals surface area contributed by atoms with Crippen LogP contribution >= 0.6 is 7.51 Å². The van der Waals surface area contributed by atoms with E-state index >= 15 is 0 Å². The maximum absolute atomic E-state index is 4.85. The van der Waals surface area contributed by atoms with Gasteiger partial charge in [0.25, 0.3) is 0 Å². The third-order valence-electron chi connectivity index (χ3n) is 4.14. The molecule has 20 heavy (non-hydrogen) atoms. The van der Waals surface area contributed by atoms with Crippen molar-refractivity contribution in [3.8, 4) is 0 Å². The molecule has 0 aromatic carbocycles. The molecule has 0 aliphatic carbocycles. The van der Waals surface area contributed by atoms with E-state index in [0.717, 1.165) is 0 Å². The van der Waals surface area contributed by atoms with Crippen molar-refractivity contribution in [2.75, 3.05) is 39.3 Å². The van der Waals surface area contributed by atoms with Crippen LogP contribution in [-0.2, 0) is 0 Å². The van der Waals surface area contributed by atoms with Crippen LogP contribution in [0.1, 0.15) is 40.0 Å². The highest BCUT2D eigenvalue weighted by Crippen LogP contribution is 2.64. The van der Waals surface area contributed by atoms with Gasteiger partial charge in [-0.1, -0.05) is 0 Å². The van der Waals surface area contributed by atoms with E-state index in [0.29, 0.717) is 0 Å². The van der Waals surface area contributed by atoms with Gasteiger partial charge < -0.3 is 0 Å². The molecule has 0 amide bonds. The molecule has 0 unspecified atom stereocenters. The van der Waals surface area contributed by atoms with E-state index in [1.807, 2.05) is 0 Å². The average Bonchev–Trinajstić information content (AvgIpc) is 2.38. The standard InChI is InChI=1S/C13H27N6P/c1-13(2,3)14-15-16-20-17-7-4-8-18(20)10-6-12-19(20)11-5-9-17/h4-12H2,1-3H3. The summed E-state index contributed by atoms with van der Waals surface area (Å²) in [5, 5.41) is 8.67. The Balaban J connectivity index is 1.98. The minimum Gasteiger partial charge on any atom is -0.244 e. The van der Waals surface area contributed by atoms with E-state index in [1.54, 1.807) is 0 Å². The van der Waals surface area contributed by atoms with Crippen molar-refractivity contribution in [3.05, 3.63) is 0 Å². The lowest BCUT2D eigenvalue weighted by atomic mass is 10.1. The average molecular weight is 298 g/mol. The molecule has 0 N–H and O–H groups in total. The smallest absolute Gasteiger partial charge is 0.195 e. The van der Waals surface area contributed by atoms with Crippen molar-refractivity contribution in [1.29, 1.82) is 0 Å². The summed E-state index contributed by atoms with van der Waals surface area (Å²) in [4.78, 5) is 4.85. The lowest BCUT2D eigenvalue weighted by Crippen LogP contribution is -2.53. The predicted molar refractivity (Wildman–Crippen MR) is 82.5 cm³/mol. The molecule has 7 heteroatoms. The SMILES string of the molecule is CC(C)(C)N=NN=P12N3CCCN1CCCN2CCC3. The third-order valence-corrected chi connectivity index (χ3v) is 7.94. The summed E-state index contributed by atoms with van der Waals surface area (Å²) in [6.07, 6.45) is 3.80. The summed E-state index contributed by atoms with van der Waals surface area (Å²) in [5.74, 6) is 0. The first-order valence-corrected chi connectivity index (χ1v) is 9.42. The van der Waals surface area contributed by atoms with E-state index in [-0.39, 0.29) is 5.54 Å². The first-order valence-electron chi connectivity index (χ1n) is 7.82. The van der Waals surface area contributed by atoms with Crippen LogP contribution in [0.3, 0.4) is 0 Å². The van der Waals surface area contributed by atoms with Crippen molar-refractivity contribution in [3.63, 3.8) is 0 Å². The Kier molecular flexibility index (Phi) is 4.01. The molecule has 114 valence electrons. The van der Waals surface area contributed by atoms with E-state index in [2.05, 4.69) is 45.1 Å². The van der Waals surface area contributed by atoms with E-state index < -0.39 is 7.51 Å². The van der Waals surface area contributed by atoms with Gasteiger partial charge in [0.15, 0.2) is 7.51 Å². The van der Waals surface area contributed by atoms with Crippen molar-refractivity contribution in [2.24, 2.45) is 15.2 Å². The van der Waals surface area contributed by atoms with Gasteiger partial charge in [-0.3, -0.25) is 0 Å². The summed E-state index contributed by atoms with van der Waals surface area (Å²) in [5.41, 5.74) is -0.141. The highest BCUT2D eigenvalue weighted by molar-refractivity contribution is 7.59. The molecule has 0 saturated carbocycles. The predicted octanol–water partition coefficient (Wildman–Crippen LogP) is 3.22. The molecule has 3 aliphatic heterocycles. The zero-order chi connectivity index (χ0) is 14.2. The minimum atomic E-state index is -1.73. The number of nitrogens with zero attached hydrogens (tertiary/aromatic N) is 6. The second-order valence-corrected chi connectivity index (χ2v) is 9.86. The quantitative estimate of drug-likeness (QED) is 0.424. The van der Waals surface area contributed by atoms with Crippen molar-refractivity contribution < 1.29 is 0 Å². The Morgan fingerprint density at radius 2 is 1.15 bits per heavy atom. The number of rotatable bonds is 1. The zero-order valence-corrected chi connectivity index (χ0v) is 13.9. The summed E-state index contributed by atoms with van der Waals surface area (Å²) in [7, 11) is -1.73. The van der Waals surface area contributed by atoms with Crippen molar-refractivity contribution in [1.82, 2.24) is 14.0 Å². The molecule has 3 rings (SSSR count). The van der Waals surface area contributed by atoms with Gasteiger partial charge in [-0.2, -0.15) is 5.11 Å². The Bertz CT molecular complexity index is 386. The second-order valence-electron chi connectivity index (χ2n) is 6.91. The summed E-state index contributed by atoms with van der Waals surface area (Å²) in [6.45, 7) is 13.3. The molecule has 3 aliphatic rings. The number of hydrogen-bond donors (Lipinski definition) is 0. The van der Waals surface area contributed by atoms with Crippen molar-refractivity contribution in [2.45, 2.75) is 45.6 Å². The van der Waals surface area contributed by atoms with Gasteiger partial charge in [0, 0.05) is 39.3 Å². The van der Waals surface area contributed by atoms with Crippen LogP contribution < -0.4 is 0 Å². The molecule has 0 aromatic rings. The van der Waals surface area contributed by atoms with Gasteiger partial charge in [0.05, 0.1) is 5.54 Å². The molecular formula is C13H27N6P. The molecule has 6 nitrogen and oxygen atoms in total. The van der Waals surface area contributed by atoms with Crippen LogP contribution in [0.25, 0.3) is 0 Å². The van der Waals surface area contributed by atoms with Gasteiger partial charge in [0.2, 0.25) is 0 Å². The van der Waals surface area contributed by atoms with Crippen LogP contribution in [0, 0.1) is 0 Å². The van der Waals surface area contributed by atoms with Crippen LogP contribution in [0.5, 0.6) is 0 Å².